The van der Waals surface area contributed by atoms with Gasteiger partial charge in [0.25, 0.3) is 0 Å². The first-order valence-corrected chi connectivity index (χ1v) is 7.44. The lowest BCUT2D eigenvalue weighted by Gasteiger charge is -2.33. The molecule has 0 spiro atoms. The SMILES string of the molecule is CC1(C)CCOc2ccc(C3CCCCC3)cc21. The summed E-state index contributed by atoms with van der Waals surface area (Å²) in [5.41, 5.74) is 3.25. The van der Waals surface area contributed by atoms with Crippen molar-refractivity contribution >= 4 is 0 Å². The van der Waals surface area contributed by atoms with Crippen LogP contribution in [0.15, 0.2) is 18.2 Å². The van der Waals surface area contributed by atoms with Crippen LogP contribution >= 0.6 is 0 Å². The van der Waals surface area contributed by atoms with Gasteiger partial charge in [-0.3, -0.25) is 0 Å². The van der Waals surface area contributed by atoms with Crippen molar-refractivity contribution < 1.29 is 4.74 Å². The minimum atomic E-state index is 0.276. The molecule has 2 aliphatic rings. The molecule has 1 aromatic rings. The normalized spacial score (nSPS) is 23.2. The van der Waals surface area contributed by atoms with Crippen molar-refractivity contribution in [1.29, 1.82) is 0 Å². The smallest absolute Gasteiger partial charge is 0.123 e. The molecule has 1 aliphatic heterocycles. The second-order valence-corrected chi connectivity index (χ2v) is 6.57. The van der Waals surface area contributed by atoms with Crippen molar-refractivity contribution in [2.45, 2.75) is 63.7 Å². The quantitative estimate of drug-likeness (QED) is 0.690. The molecule has 1 nitrogen and oxygen atoms in total. The summed E-state index contributed by atoms with van der Waals surface area (Å²) < 4.78 is 5.80. The Kier molecular flexibility index (Phi) is 3.09. The monoisotopic (exact) mass is 244 g/mol. The van der Waals surface area contributed by atoms with Crippen molar-refractivity contribution in [3.63, 3.8) is 0 Å². The maximum atomic E-state index is 5.80. The van der Waals surface area contributed by atoms with E-state index in [4.69, 9.17) is 4.74 Å². The molecule has 0 bridgehead atoms. The van der Waals surface area contributed by atoms with E-state index in [1.165, 1.54) is 37.7 Å². The van der Waals surface area contributed by atoms with Crippen LogP contribution in [0.25, 0.3) is 0 Å². The Morgan fingerprint density at radius 3 is 2.67 bits per heavy atom. The molecule has 1 aromatic carbocycles. The van der Waals surface area contributed by atoms with E-state index < -0.39 is 0 Å². The molecule has 0 atom stereocenters. The zero-order chi connectivity index (χ0) is 12.6. The summed E-state index contributed by atoms with van der Waals surface area (Å²) in [5, 5.41) is 0. The Morgan fingerprint density at radius 1 is 1.11 bits per heavy atom. The molecule has 0 saturated heterocycles. The van der Waals surface area contributed by atoms with E-state index in [0.29, 0.717) is 0 Å². The second-order valence-electron chi connectivity index (χ2n) is 6.57. The van der Waals surface area contributed by atoms with Gasteiger partial charge in [0.1, 0.15) is 5.75 Å². The Labute approximate surface area is 111 Å². The lowest BCUT2D eigenvalue weighted by molar-refractivity contribution is 0.233. The maximum Gasteiger partial charge on any atom is 0.123 e. The number of benzene rings is 1. The molecular weight excluding hydrogens is 220 g/mol. The summed E-state index contributed by atoms with van der Waals surface area (Å²) in [6, 6.07) is 6.95. The summed E-state index contributed by atoms with van der Waals surface area (Å²) in [6.07, 6.45) is 8.12. The molecule has 18 heavy (non-hydrogen) atoms. The van der Waals surface area contributed by atoms with Gasteiger partial charge in [0.05, 0.1) is 6.61 Å². The fraction of sp³-hybridized carbons (Fsp3) is 0.647. The van der Waals surface area contributed by atoms with Crippen molar-refractivity contribution in [3.05, 3.63) is 29.3 Å². The molecular formula is C17H24O. The van der Waals surface area contributed by atoms with E-state index >= 15 is 0 Å². The summed E-state index contributed by atoms with van der Waals surface area (Å²) >= 11 is 0. The zero-order valence-corrected chi connectivity index (χ0v) is 11.7. The molecule has 1 heteroatoms. The average Bonchev–Trinajstić information content (AvgIpc) is 2.39. The van der Waals surface area contributed by atoms with Crippen molar-refractivity contribution in [2.75, 3.05) is 6.61 Å². The van der Waals surface area contributed by atoms with Crippen LogP contribution in [0.4, 0.5) is 0 Å². The number of fused-ring (bicyclic) bond motifs is 1. The molecule has 1 heterocycles. The van der Waals surface area contributed by atoms with E-state index in [1.807, 2.05) is 0 Å². The minimum absolute atomic E-state index is 0.276. The van der Waals surface area contributed by atoms with Gasteiger partial charge in [-0.05, 0) is 42.2 Å². The largest absolute Gasteiger partial charge is 0.493 e. The van der Waals surface area contributed by atoms with Gasteiger partial charge in [-0.2, -0.15) is 0 Å². The van der Waals surface area contributed by atoms with Crippen molar-refractivity contribution in [1.82, 2.24) is 0 Å². The van der Waals surface area contributed by atoms with Gasteiger partial charge in [-0.1, -0.05) is 45.2 Å². The van der Waals surface area contributed by atoms with Gasteiger partial charge in [0, 0.05) is 5.56 Å². The topological polar surface area (TPSA) is 9.23 Å². The Balaban J connectivity index is 1.93. The van der Waals surface area contributed by atoms with Gasteiger partial charge >= 0.3 is 0 Å². The summed E-state index contributed by atoms with van der Waals surface area (Å²) in [7, 11) is 0. The number of hydrogen-bond donors (Lipinski definition) is 0. The maximum absolute atomic E-state index is 5.80. The fourth-order valence-corrected chi connectivity index (χ4v) is 3.44. The van der Waals surface area contributed by atoms with Crippen LogP contribution in [0.3, 0.4) is 0 Å². The zero-order valence-electron chi connectivity index (χ0n) is 11.7. The lowest BCUT2D eigenvalue weighted by Crippen LogP contribution is -2.26. The second kappa shape index (κ2) is 4.60. The molecule has 1 saturated carbocycles. The van der Waals surface area contributed by atoms with Gasteiger partial charge in [0.2, 0.25) is 0 Å². The van der Waals surface area contributed by atoms with Gasteiger partial charge in [0.15, 0.2) is 0 Å². The Hall–Kier alpha value is -0.980. The van der Waals surface area contributed by atoms with E-state index in [9.17, 15) is 0 Å². The minimum Gasteiger partial charge on any atom is -0.493 e. The van der Waals surface area contributed by atoms with Gasteiger partial charge < -0.3 is 4.74 Å². The Morgan fingerprint density at radius 2 is 1.89 bits per heavy atom. The lowest BCUT2D eigenvalue weighted by atomic mass is 9.76. The molecule has 0 radical (unpaired) electrons. The molecule has 0 unspecified atom stereocenters. The third kappa shape index (κ3) is 2.15. The molecule has 0 N–H and O–H groups in total. The van der Waals surface area contributed by atoms with Crippen LogP contribution in [0.5, 0.6) is 5.75 Å². The van der Waals surface area contributed by atoms with E-state index in [0.717, 1.165) is 24.7 Å². The predicted octanol–water partition coefficient (Wildman–Crippen LogP) is 4.79. The van der Waals surface area contributed by atoms with Gasteiger partial charge in [-0.15, -0.1) is 0 Å². The van der Waals surface area contributed by atoms with E-state index in [-0.39, 0.29) is 5.41 Å². The van der Waals surface area contributed by atoms with Gasteiger partial charge in [-0.25, -0.2) is 0 Å². The molecule has 98 valence electrons. The van der Waals surface area contributed by atoms with Crippen molar-refractivity contribution in [3.8, 4) is 5.75 Å². The molecule has 3 rings (SSSR count). The van der Waals surface area contributed by atoms with Crippen molar-refractivity contribution in [2.24, 2.45) is 0 Å². The summed E-state index contributed by atoms with van der Waals surface area (Å²) in [5.74, 6) is 1.91. The van der Waals surface area contributed by atoms with E-state index in [2.05, 4.69) is 32.0 Å². The highest BCUT2D eigenvalue weighted by atomic mass is 16.5. The first-order valence-electron chi connectivity index (χ1n) is 7.44. The summed E-state index contributed by atoms with van der Waals surface area (Å²) in [6.45, 7) is 5.56. The predicted molar refractivity (Wildman–Crippen MR) is 75.4 cm³/mol. The standard InChI is InChI=1S/C17H24O/c1-17(2)10-11-18-16-9-8-14(12-15(16)17)13-6-4-3-5-7-13/h8-9,12-13H,3-7,10-11H2,1-2H3. The third-order valence-corrected chi connectivity index (χ3v) is 4.79. The molecule has 0 amide bonds. The highest BCUT2D eigenvalue weighted by Crippen LogP contribution is 2.41. The number of rotatable bonds is 1. The highest BCUT2D eigenvalue weighted by Gasteiger charge is 2.29. The first-order chi connectivity index (χ1) is 8.67. The van der Waals surface area contributed by atoms with Crippen LogP contribution in [-0.4, -0.2) is 6.61 Å². The van der Waals surface area contributed by atoms with Crippen LogP contribution in [0.1, 0.15) is 69.4 Å². The fourth-order valence-electron chi connectivity index (χ4n) is 3.44. The molecule has 1 aliphatic carbocycles. The molecule has 1 fully saturated rings. The van der Waals surface area contributed by atoms with E-state index in [1.54, 1.807) is 5.56 Å². The van der Waals surface area contributed by atoms with Crippen LogP contribution in [-0.2, 0) is 5.41 Å². The summed E-state index contributed by atoms with van der Waals surface area (Å²) in [4.78, 5) is 0. The molecule has 0 aromatic heterocycles. The third-order valence-electron chi connectivity index (χ3n) is 4.79. The van der Waals surface area contributed by atoms with Crippen LogP contribution < -0.4 is 4.74 Å². The van der Waals surface area contributed by atoms with Crippen LogP contribution in [0.2, 0.25) is 0 Å². The number of ether oxygens (including phenoxy) is 1. The number of hydrogen-bond acceptors (Lipinski definition) is 1. The average molecular weight is 244 g/mol. The first kappa shape index (κ1) is 12.1. The Bertz CT molecular complexity index is 427. The highest BCUT2D eigenvalue weighted by molar-refractivity contribution is 5.44. The van der Waals surface area contributed by atoms with Crippen LogP contribution in [0, 0.1) is 0 Å².